The Labute approximate surface area is 213 Å². The molecule has 6 nitrogen and oxygen atoms in total. The van der Waals surface area contributed by atoms with E-state index in [1.807, 2.05) is 25.1 Å². The molecule has 0 aliphatic heterocycles. The van der Waals surface area contributed by atoms with E-state index in [2.05, 4.69) is 54.1 Å². The van der Waals surface area contributed by atoms with Gasteiger partial charge in [-0.3, -0.25) is 4.79 Å². The van der Waals surface area contributed by atoms with Crippen molar-refractivity contribution in [2.24, 2.45) is 0 Å². The van der Waals surface area contributed by atoms with E-state index in [0.29, 0.717) is 18.1 Å². The molecule has 0 saturated heterocycles. The molecule has 0 radical (unpaired) electrons. The fraction of sp³-hybridized carbons (Fsp3) is 0.333. The van der Waals surface area contributed by atoms with Crippen LogP contribution in [0, 0.1) is 0 Å². The maximum Gasteiger partial charge on any atom is 0.251 e. The molecular formula is C30H35N3O3. The summed E-state index contributed by atoms with van der Waals surface area (Å²) >= 11 is 0. The lowest BCUT2D eigenvalue weighted by atomic mass is 9.99. The summed E-state index contributed by atoms with van der Waals surface area (Å²) in [6, 6.07) is 23.3. The average Bonchev–Trinajstić information content (AvgIpc) is 3.29. The van der Waals surface area contributed by atoms with Gasteiger partial charge in [0.25, 0.3) is 5.91 Å². The normalized spacial score (nSPS) is 12.8. The number of imidazole rings is 1. The van der Waals surface area contributed by atoms with E-state index in [1.54, 1.807) is 31.4 Å². The van der Waals surface area contributed by atoms with Crippen molar-refractivity contribution in [1.82, 2.24) is 14.9 Å². The number of nitrogens with one attached hydrogen (secondary N) is 1. The van der Waals surface area contributed by atoms with Crippen LogP contribution in [0.4, 0.5) is 0 Å². The number of aromatic nitrogens is 2. The van der Waals surface area contributed by atoms with E-state index in [0.717, 1.165) is 47.7 Å². The molecule has 0 saturated carbocycles. The first-order chi connectivity index (χ1) is 17.5. The van der Waals surface area contributed by atoms with Gasteiger partial charge in [-0.25, -0.2) is 4.98 Å². The lowest BCUT2D eigenvalue weighted by Crippen LogP contribution is -2.28. The summed E-state index contributed by atoms with van der Waals surface area (Å²) in [6.45, 7) is 7.75. The molecule has 36 heavy (non-hydrogen) atoms. The van der Waals surface area contributed by atoms with Gasteiger partial charge in [-0.15, -0.1) is 0 Å². The summed E-state index contributed by atoms with van der Waals surface area (Å²) in [5.41, 5.74) is 3.89. The largest absolute Gasteiger partial charge is 0.497 e. The van der Waals surface area contributed by atoms with Crippen molar-refractivity contribution in [1.29, 1.82) is 0 Å². The van der Waals surface area contributed by atoms with Gasteiger partial charge < -0.3 is 19.4 Å². The van der Waals surface area contributed by atoms with Crippen LogP contribution in [0.3, 0.4) is 0 Å². The molecule has 0 fully saturated rings. The molecule has 4 aromatic rings. The molecule has 188 valence electrons. The third kappa shape index (κ3) is 5.88. The van der Waals surface area contributed by atoms with E-state index < -0.39 is 0 Å². The summed E-state index contributed by atoms with van der Waals surface area (Å²) in [5, 5.41) is 3.09. The zero-order valence-corrected chi connectivity index (χ0v) is 21.5. The summed E-state index contributed by atoms with van der Waals surface area (Å²) in [5.74, 6) is 2.84. The summed E-state index contributed by atoms with van der Waals surface area (Å²) in [7, 11) is 1.61. The molecule has 1 N–H and O–H groups in total. The van der Waals surface area contributed by atoms with Crippen molar-refractivity contribution in [3.63, 3.8) is 0 Å². The van der Waals surface area contributed by atoms with Crippen LogP contribution < -0.4 is 14.8 Å². The number of hydrogen-bond donors (Lipinski definition) is 1. The highest BCUT2D eigenvalue weighted by molar-refractivity contribution is 5.94. The summed E-state index contributed by atoms with van der Waals surface area (Å²) in [6.07, 6.45) is 1.94. The second-order valence-electron chi connectivity index (χ2n) is 9.11. The molecular weight excluding hydrogens is 450 g/mol. The van der Waals surface area contributed by atoms with Crippen LogP contribution in [0.15, 0.2) is 72.8 Å². The molecule has 4 rings (SSSR count). The van der Waals surface area contributed by atoms with E-state index in [1.165, 1.54) is 5.56 Å². The van der Waals surface area contributed by atoms with E-state index in [9.17, 15) is 4.79 Å². The highest BCUT2D eigenvalue weighted by Gasteiger charge is 2.19. The predicted octanol–water partition coefficient (Wildman–Crippen LogP) is 6.52. The SMILES string of the molecule is CCC(C)c1ccc(OCCCn2c(C(C)NC(=O)c3ccc(OC)cc3)nc3ccccc32)cc1. The van der Waals surface area contributed by atoms with Crippen LogP contribution in [0.2, 0.25) is 0 Å². The number of amides is 1. The van der Waals surface area contributed by atoms with Crippen LogP contribution >= 0.6 is 0 Å². The van der Waals surface area contributed by atoms with Gasteiger partial charge in [0.1, 0.15) is 17.3 Å². The fourth-order valence-electron chi connectivity index (χ4n) is 4.29. The molecule has 1 amide bonds. The number of aryl methyl sites for hydroxylation is 1. The minimum absolute atomic E-state index is 0.145. The van der Waals surface area contributed by atoms with Crippen molar-refractivity contribution in [2.75, 3.05) is 13.7 Å². The third-order valence-corrected chi connectivity index (χ3v) is 6.63. The van der Waals surface area contributed by atoms with Gasteiger partial charge >= 0.3 is 0 Å². The highest BCUT2D eigenvalue weighted by Crippen LogP contribution is 2.23. The maximum atomic E-state index is 12.8. The lowest BCUT2D eigenvalue weighted by Gasteiger charge is -2.17. The Morgan fingerprint density at radius 2 is 1.67 bits per heavy atom. The van der Waals surface area contributed by atoms with Gasteiger partial charge in [0.15, 0.2) is 0 Å². The molecule has 6 heteroatoms. The topological polar surface area (TPSA) is 65.4 Å². The number of methoxy groups -OCH3 is 1. The molecule has 1 aromatic heterocycles. The van der Waals surface area contributed by atoms with Gasteiger partial charge in [-0.2, -0.15) is 0 Å². The zero-order chi connectivity index (χ0) is 25.5. The zero-order valence-electron chi connectivity index (χ0n) is 21.5. The van der Waals surface area contributed by atoms with Crippen LogP contribution in [-0.4, -0.2) is 29.2 Å². The molecule has 0 bridgehead atoms. The lowest BCUT2D eigenvalue weighted by molar-refractivity contribution is 0.0937. The molecule has 3 aromatic carbocycles. The summed E-state index contributed by atoms with van der Waals surface area (Å²) in [4.78, 5) is 17.7. The standard InChI is InChI=1S/C30H35N3O3/c1-5-21(2)23-11-17-26(18-12-23)36-20-8-19-33-28-10-7-6-9-27(28)32-29(33)22(3)31-30(34)24-13-15-25(35-4)16-14-24/h6-7,9-18,21-22H,5,8,19-20H2,1-4H3,(H,31,34). The highest BCUT2D eigenvalue weighted by atomic mass is 16.5. The molecule has 0 aliphatic carbocycles. The molecule has 2 unspecified atom stereocenters. The Balaban J connectivity index is 1.42. The number of benzene rings is 3. The van der Waals surface area contributed by atoms with Crippen LogP contribution in [0.1, 0.15) is 67.3 Å². The number of carbonyl (C=O) groups excluding carboxylic acids is 1. The number of hydrogen-bond acceptors (Lipinski definition) is 4. The number of ether oxygens (including phenoxy) is 2. The van der Waals surface area contributed by atoms with Crippen molar-refractivity contribution in [3.8, 4) is 11.5 Å². The first-order valence-electron chi connectivity index (χ1n) is 12.6. The van der Waals surface area contributed by atoms with E-state index >= 15 is 0 Å². The van der Waals surface area contributed by atoms with Gasteiger partial charge in [0.05, 0.1) is 30.8 Å². The number of para-hydroxylation sites is 2. The Bertz CT molecular complexity index is 1280. The second kappa shape index (κ2) is 11.8. The van der Waals surface area contributed by atoms with E-state index in [-0.39, 0.29) is 11.9 Å². The monoisotopic (exact) mass is 485 g/mol. The van der Waals surface area contributed by atoms with Gasteiger partial charge in [0, 0.05) is 12.1 Å². The quantitative estimate of drug-likeness (QED) is 0.246. The second-order valence-corrected chi connectivity index (χ2v) is 9.11. The van der Waals surface area contributed by atoms with Crippen LogP contribution in [-0.2, 0) is 6.54 Å². The fourth-order valence-corrected chi connectivity index (χ4v) is 4.29. The van der Waals surface area contributed by atoms with Crippen molar-refractivity contribution >= 4 is 16.9 Å². The number of rotatable bonds is 11. The number of carbonyl (C=O) groups is 1. The van der Waals surface area contributed by atoms with E-state index in [4.69, 9.17) is 14.5 Å². The molecule has 2 atom stereocenters. The van der Waals surface area contributed by atoms with Crippen LogP contribution in [0.25, 0.3) is 11.0 Å². The van der Waals surface area contributed by atoms with Crippen molar-refractivity contribution in [3.05, 3.63) is 89.7 Å². The minimum Gasteiger partial charge on any atom is -0.497 e. The Hall–Kier alpha value is -3.80. The van der Waals surface area contributed by atoms with Gasteiger partial charge in [-0.05, 0) is 79.8 Å². The number of nitrogens with zero attached hydrogens (tertiary/aromatic N) is 2. The number of fused-ring (bicyclic) bond motifs is 1. The van der Waals surface area contributed by atoms with Crippen molar-refractivity contribution < 1.29 is 14.3 Å². The molecule has 0 aliphatic rings. The molecule has 0 spiro atoms. The minimum atomic E-state index is -0.263. The van der Waals surface area contributed by atoms with Gasteiger partial charge in [-0.1, -0.05) is 38.1 Å². The Morgan fingerprint density at radius 1 is 0.972 bits per heavy atom. The van der Waals surface area contributed by atoms with Crippen LogP contribution in [0.5, 0.6) is 11.5 Å². The average molecular weight is 486 g/mol. The first-order valence-corrected chi connectivity index (χ1v) is 12.6. The van der Waals surface area contributed by atoms with Gasteiger partial charge in [0.2, 0.25) is 0 Å². The smallest absolute Gasteiger partial charge is 0.251 e. The molecule has 1 heterocycles. The van der Waals surface area contributed by atoms with Crippen molar-refractivity contribution in [2.45, 2.75) is 52.1 Å². The predicted molar refractivity (Wildman–Crippen MR) is 144 cm³/mol. The Morgan fingerprint density at radius 3 is 2.36 bits per heavy atom. The summed E-state index contributed by atoms with van der Waals surface area (Å²) < 4.78 is 13.4. The Kier molecular flexibility index (Phi) is 8.26. The third-order valence-electron chi connectivity index (χ3n) is 6.63. The maximum absolute atomic E-state index is 12.8. The first kappa shape index (κ1) is 25.3.